The first-order valence-electron chi connectivity index (χ1n) is 18.3. The van der Waals surface area contributed by atoms with Gasteiger partial charge in [0.15, 0.2) is 0 Å². The summed E-state index contributed by atoms with van der Waals surface area (Å²) in [6.07, 6.45) is 0. The number of hydrogen-bond acceptors (Lipinski definition) is 2. The lowest BCUT2D eigenvalue weighted by Crippen LogP contribution is -2.17. The first-order chi connectivity index (χ1) is 26.0. The zero-order valence-corrected chi connectivity index (χ0v) is 29.8. The number of ether oxygens (including phenoxy) is 1. The summed E-state index contributed by atoms with van der Waals surface area (Å²) >= 11 is 0. The Kier molecular flexibility index (Phi) is 7.19. The van der Waals surface area contributed by atoms with Crippen LogP contribution in [-0.2, 0) is 5.41 Å². The molecule has 1 heterocycles. The number of nitrogens with zero attached hydrogens (tertiary/aromatic N) is 1. The summed E-state index contributed by atoms with van der Waals surface area (Å²) < 4.78 is 6.94. The zero-order chi connectivity index (χ0) is 35.5. The molecular weight excluding hydrogens is 643 g/mol. The molecule has 1 aliphatic carbocycles. The Balaban J connectivity index is 1.18. The van der Waals surface area contributed by atoms with Crippen LogP contribution in [0.15, 0.2) is 188 Å². The SMILES string of the molecule is CC1(C)c2ccccc2-c2ccc(N(c3ccc(-c4ccccc4)cc3)c3cccc4c3-c3ccccc3-c3cc(-c5ccccc5)ccc3O4)cc21. The van der Waals surface area contributed by atoms with Crippen molar-refractivity contribution in [3.8, 4) is 67.1 Å². The van der Waals surface area contributed by atoms with E-state index in [1.165, 1.54) is 38.9 Å². The molecule has 0 saturated carbocycles. The van der Waals surface area contributed by atoms with E-state index in [-0.39, 0.29) is 5.41 Å². The van der Waals surface area contributed by atoms with E-state index in [9.17, 15) is 0 Å². The Morgan fingerprint density at radius 1 is 0.377 bits per heavy atom. The minimum Gasteiger partial charge on any atom is -0.456 e. The predicted molar refractivity (Wildman–Crippen MR) is 221 cm³/mol. The van der Waals surface area contributed by atoms with Gasteiger partial charge < -0.3 is 9.64 Å². The Morgan fingerprint density at radius 3 is 1.72 bits per heavy atom. The highest BCUT2D eigenvalue weighted by Gasteiger charge is 2.36. The lowest BCUT2D eigenvalue weighted by Gasteiger charge is -2.30. The minimum absolute atomic E-state index is 0.133. The van der Waals surface area contributed by atoms with Crippen molar-refractivity contribution in [1.29, 1.82) is 0 Å². The molecule has 53 heavy (non-hydrogen) atoms. The molecule has 2 nitrogen and oxygen atoms in total. The van der Waals surface area contributed by atoms with Gasteiger partial charge in [0.05, 0.1) is 5.69 Å². The molecule has 2 heteroatoms. The first kappa shape index (κ1) is 31.1. The van der Waals surface area contributed by atoms with Crippen LogP contribution in [0.25, 0.3) is 55.6 Å². The van der Waals surface area contributed by atoms with Crippen LogP contribution in [-0.4, -0.2) is 0 Å². The second-order valence-electron chi connectivity index (χ2n) is 14.5. The van der Waals surface area contributed by atoms with Gasteiger partial charge in [0.2, 0.25) is 0 Å². The molecule has 2 aliphatic rings. The van der Waals surface area contributed by atoms with Crippen LogP contribution in [0.4, 0.5) is 17.1 Å². The molecule has 252 valence electrons. The lowest BCUT2D eigenvalue weighted by atomic mass is 9.82. The van der Waals surface area contributed by atoms with Gasteiger partial charge in [-0.15, -0.1) is 0 Å². The number of hydrogen-bond donors (Lipinski definition) is 0. The van der Waals surface area contributed by atoms with E-state index in [2.05, 4.69) is 207 Å². The molecule has 10 rings (SSSR count). The van der Waals surface area contributed by atoms with Crippen LogP contribution < -0.4 is 9.64 Å². The van der Waals surface area contributed by atoms with E-state index in [0.29, 0.717) is 0 Å². The second kappa shape index (κ2) is 12.3. The van der Waals surface area contributed by atoms with Gasteiger partial charge >= 0.3 is 0 Å². The summed E-state index contributed by atoms with van der Waals surface area (Å²) in [6, 6.07) is 67.7. The maximum absolute atomic E-state index is 6.94. The van der Waals surface area contributed by atoms with Crippen LogP contribution in [0.2, 0.25) is 0 Å². The monoisotopic (exact) mass is 679 g/mol. The van der Waals surface area contributed by atoms with Crippen molar-refractivity contribution in [2.45, 2.75) is 19.3 Å². The molecule has 0 bridgehead atoms. The predicted octanol–water partition coefficient (Wildman–Crippen LogP) is 14.2. The van der Waals surface area contributed by atoms with Gasteiger partial charge in [-0.2, -0.15) is 0 Å². The second-order valence-corrected chi connectivity index (χ2v) is 14.5. The van der Waals surface area contributed by atoms with Crippen LogP contribution in [0.5, 0.6) is 11.5 Å². The molecule has 8 aromatic carbocycles. The fourth-order valence-corrected chi connectivity index (χ4v) is 8.45. The number of anilines is 3. The van der Waals surface area contributed by atoms with Crippen molar-refractivity contribution in [3.05, 3.63) is 199 Å². The maximum atomic E-state index is 6.94. The molecule has 0 fully saturated rings. The third kappa shape index (κ3) is 5.10. The van der Waals surface area contributed by atoms with Crippen molar-refractivity contribution in [2.24, 2.45) is 0 Å². The van der Waals surface area contributed by atoms with Crippen molar-refractivity contribution in [3.63, 3.8) is 0 Å². The maximum Gasteiger partial charge on any atom is 0.137 e. The van der Waals surface area contributed by atoms with Crippen molar-refractivity contribution in [2.75, 3.05) is 4.90 Å². The topological polar surface area (TPSA) is 12.5 Å². The lowest BCUT2D eigenvalue weighted by molar-refractivity contribution is 0.488. The van der Waals surface area contributed by atoms with Crippen LogP contribution >= 0.6 is 0 Å². The van der Waals surface area contributed by atoms with Gasteiger partial charge in [-0.1, -0.05) is 153 Å². The van der Waals surface area contributed by atoms with Crippen molar-refractivity contribution < 1.29 is 4.74 Å². The van der Waals surface area contributed by atoms with Gasteiger partial charge in [0.25, 0.3) is 0 Å². The van der Waals surface area contributed by atoms with Gasteiger partial charge in [-0.25, -0.2) is 0 Å². The molecule has 0 unspecified atom stereocenters. The molecule has 8 aromatic rings. The van der Waals surface area contributed by atoms with E-state index in [4.69, 9.17) is 4.74 Å². The summed E-state index contributed by atoms with van der Waals surface area (Å²) in [5.41, 5.74) is 17.6. The fraction of sp³-hybridized carbons (Fsp3) is 0.0588. The van der Waals surface area contributed by atoms with Crippen LogP contribution in [0.1, 0.15) is 25.0 Å². The van der Waals surface area contributed by atoms with Gasteiger partial charge in [-0.3, -0.25) is 0 Å². The summed E-state index contributed by atoms with van der Waals surface area (Å²) in [4.78, 5) is 2.42. The molecule has 0 aromatic heterocycles. The van der Waals surface area contributed by atoms with E-state index in [1.54, 1.807) is 0 Å². The Hall–Kier alpha value is -6.64. The average Bonchev–Trinajstić information content (AvgIpc) is 3.34. The summed E-state index contributed by atoms with van der Waals surface area (Å²) in [7, 11) is 0. The third-order valence-electron chi connectivity index (χ3n) is 11.1. The summed E-state index contributed by atoms with van der Waals surface area (Å²) in [6.45, 7) is 4.69. The molecule has 0 radical (unpaired) electrons. The Morgan fingerprint density at radius 2 is 0.962 bits per heavy atom. The fourth-order valence-electron chi connectivity index (χ4n) is 8.45. The quantitative estimate of drug-likeness (QED) is 0.180. The third-order valence-corrected chi connectivity index (χ3v) is 11.1. The van der Waals surface area contributed by atoms with E-state index in [1.807, 2.05) is 0 Å². The highest BCUT2D eigenvalue weighted by molar-refractivity contribution is 6.00. The Bertz CT molecular complexity index is 2660. The largest absolute Gasteiger partial charge is 0.456 e. The molecular formula is C51H37NO. The molecule has 0 spiro atoms. The molecule has 1 aliphatic heterocycles. The minimum atomic E-state index is -0.133. The smallest absolute Gasteiger partial charge is 0.137 e. The van der Waals surface area contributed by atoms with Gasteiger partial charge in [0, 0.05) is 27.9 Å². The number of rotatable bonds is 5. The molecule has 0 N–H and O–H groups in total. The van der Waals surface area contributed by atoms with E-state index in [0.717, 1.165) is 56.4 Å². The molecule has 0 atom stereocenters. The zero-order valence-electron chi connectivity index (χ0n) is 29.8. The van der Waals surface area contributed by atoms with E-state index >= 15 is 0 Å². The summed E-state index contributed by atoms with van der Waals surface area (Å²) in [5.74, 6) is 1.69. The van der Waals surface area contributed by atoms with Crippen LogP contribution in [0.3, 0.4) is 0 Å². The normalized spacial score (nSPS) is 13.0. The average molecular weight is 680 g/mol. The van der Waals surface area contributed by atoms with E-state index < -0.39 is 0 Å². The number of fused-ring (bicyclic) bond motifs is 8. The van der Waals surface area contributed by atoms with Crippen LogP contribution in [0, 0.1) is 0 Å². The molecule has 0 saturated heterocycles. The summed E-state index contributed by atoms with van der Waals surface area (Å²) in [5, 5.41) is 0. The highest BCUT2D eigenvalue weighted by Crippen LogP contribution is 2.55. The highest BCUT2D eigenvalue weighted by atomic mass is 16.5. The first-order valence-corrected chi connectivity index (χ1v) is 18.3. The van der Waals surface area contributed by atoms with Gasteiger partial charge in [0.1, 0.15) is 11.5 Å². The standard InChI is InChI=1S/C51H37NO/c1-51(2)45-21-12-11-19-41(45)42-30-29-39(33-46(42)51)52(38-27-24-36(25-28-38)34-14-5-3-6-15-34)47-22-13-23-49-50(47)43-20-10-9-18-40(43)44-32-37(26-31-48(44)53-49)35-16-7-4-8-17-35/h3-33H,1-2H3. The molecule has 0 amide bonds. The Labute approximate surface area is 311 Å². The van der Waals surface area contributed by atoms with Gasteiger partial charge in [-0.05, 0) is 104 Å². The van der Waals surface area contributed by atoms with Crippen molar-refractivity contribution >= 4 is 17.1 Å². The van der Waals surface area contributed by atoms with Crippen molar-refractivity contribution in [1.82, 2.24) is 0 Å². The number of benzene rings is 8.